The van der Waals surface area contributed by atoms with E-state index in [0.29, 0.717) is 0 Å². The molecule has 0 spiro atoms. The van der Waals surface area contributed by atoms with E-state index >= 15 is 0 Å². The molecule has 1 heterocycles. The Morgan fingerprint density at radius 2 is 2.15 bits per heavy atom. The van der Waals surface area contributed by atoms with E-state index in [4.69, 9.17) is 9.73 Å². The van der Waals surface area contributed by atoms with Crippen LogP contribution in [0.4, 0.5) is 0 Å². The molecule has 0 atom stereocenters. The fraction of sp³-hybridized carbons (Fsp3) is 0.500. The summed E-state index contributed by atoms with van der Waals surface area (Å²) in [7, 11) is 3.81. The lowest BCUT2D eigenvalue weighted by Gasteiger charge is -2.23. The maximum absolute atomic E-state index is 5.57. The number of aryl methyl sites for hydroxylation is 1. The number of benzene rings is 1. The van der Waals surface area contributed by atoms with Crippen LogP contribution in [0.2, 0.25) is 0 Å². The van der Waals surface area contributed by atoms with Crippen molar-refractivity contribution in [2.75, 3.05) is 27.2 Å². The van der Waals surface area contributed by atoms with Crippen LogP contribution in [0.5, 0.6) is 5.75 Å². The monoisotopic (exact) mass is 372 g/mol. The van der Waals surface area contributed by atoms with Gasteiger partial charge in [0.2, 0.25) is 0 Å². The van der Waals surface area contributed by atoms with E-state index in [-0.39, 0.29) is 5.41 Å². The van der Waals surface area contributed by atoms with Crippen molar-refractivity contribution in [3.05, 3.63) is 45.9 Å². The third kappa shape index (κ3) is 4.18. The van der Waals surface area contributed by atoms with E-state index in [1.54, 1.807) is 18.4 Å². The van der Waals surface area contributed by atoms with Gasteiger partial charge in [-0.1, -0.05) is 18.2 Å². The summed E-state index contributed by atoms with van der Waals surface area (Å²) in [6.45, 7) is 6.52. The first-order valence-electron chi connectivity index (χ1n) is 9.12. The van der Waals surface area contributed by atoms with E-state index in [1.807, 2.05) is 19.1 Å². The topological polar surface area (TPSA) is 49.8 Å². The van der Waals surface area contributed by atoms with Gasteiger partial charge in [0.1, 0.15) is 5.75 Å². The quantitative estimate of drug-likeness (QED) is 0.596. The summed E-state index contributed by atoms with van der Waals surface area (Å²) in [6.07, 6.45) is 2.32. The second-order valence-electron chi connectivity index (χ2n) is 6.86. The molecule has 1 N–H and O–H groups in total. The number of ether oxygens (including phenoxy) is 1. The van der Waals surface area contributed by atoms with Gasteiger partial charge in [-0.2, -0.15) is 0 Å². The molecule has 140 valence electrons. The van der Waals surface area contributed by atoms with Gasteiger partial charge in [0.25, 0.3) is 0 Å². The van der Waals surface area contributed by atoms with Crippen molar-refractivity contribution < 1.29 is 4.74 Å². The Morgan fingerprint density at radius 3 is 2.77 bits per heavy atom. The minimum absolute atomic E-state index is 0.116. The normalized spacial score (nSPS) is 15.6. The van der Waals surface area contributed by atoms with Crippen LogP contribution < -0.4 is 10.1 Å². The predicted octanol–water partition coefficient (Wildman–Crippen LogP) is 3.59. The van der Waals surface area contributed by atoms with E-state index in [2.05, 4.69) is 46.7 Å². The summed E-state index contributed by atoms with van der Waals surface area (Å²) < 4.78 is 5.57. The van der Waals surface area contributed by atoms with Crippen LogP contribution in [0, 0.1) is 6.92 Å². The molecule has 0 bridgehead atoms. The molecule has 1 saturated carbocycles. The summed E-state index contributed by atoms with van der Waals surface area (Å²) in [6, 6.07) is 8.33. The molecule has 5 nitrogen and oxygen atoms in total. The molecular weight excluding hydrogens is 344 g/mol. The molecule has 1 aromatic carbocycles. The van der Waals surface area contributed by atoms with Crippen molar-refractivity contribution in [1.82, 2.24) is 15.2 Å². The highest BCUT2D eigenvalue weighted by Gasteiger charge is 2.46. The highest BCUT2D eigenvalue weighted by atomic mass is 32.1. The van der Waals surface area contributed by atoms with Gasteiger partial charge in [-0.25, -0.2) is 4.98 Å². The highest BCUT2D eigenvalue weighted by Crippen LogP contribution is 2.51. The maximum atomic E-state index is 5.57. The molecule has 1 aliphatic rings. The minimum atomic E-state index is 0.116. The van der Waals surface area contributed by atoms with Crippen LogP contribution in [0.15, 0.2) is 34.6 Å². The number of nitrogens with zero attached hydrogens (tertiary/aromatic N) is 3. The smallest absolute Gasteiger partial charge is 0.194 e. The van der Waals surface area contributed by atoms with Gasteiger partial charge in [0, 0.05) is 30.0 Å². The van der Waals surface area contributed by atoms with Crippen LogP contribution >= 0.6 is 11.3 Å². The molecule has 0 radical (unpaired) electrons. The largest absolute Gasteiger partial charge is 0.496 e. The molecule has 2 aromatic rings. The average Bonchev–Trinajstić information content (AvgIpc) is 3.33. The molecule has 0 saturated heterocycles. The van der Waals surface area contributed by atoms with Gasteiger partial charge in [-0.3, -0.25) is 4.99 Å². The van der Waals surface area contributed by atoms with Crippen molar-refractivity contribution >= 4 is 17.3 Å². The minimum Gasteiger partial charge on any atom is -0.496 e. The predicted molar refractivity (Wildman–Crippen MR) is 108 cm³/mol. The lowest BCUT2D eigenvalue weighted by atomic mass is 9.95. The van der Waals surface area contributed by atoms with Crippen molar-refractivity contribution in [3.8, 4) is 5.75 Å². The number of hydrogen-bond acceptors (Lipinski definition) is 4. The molecule has 1 aromatic heterocycles. The zero-order valence-corrected chi connectivity index (χ0v) is 16.9. The standard InChI is InChI=1S/C20H28N4OS/c1-5-21-19(24(3)12-16-13-26-15(2)23-16)22-14-20(10-11-20)17-8-6-7-9-18(17)25-4/h6-9,13H,5,10-12,14H2,1-4H3,(H,21,22). The van der Waals surface area contributed by atoms with Crippen molar-refractivity contribution in [1.29, 1.82) is 0 Å². The number of methoxy groups -OCH3 is 1. The van der Waals surface area contributed by atoms with Crippen molar-refractivity contribution in [2.24, 2.45) is 4.99 Å². The fourth-order valence-corrected chi connectivity index (χ4v) is 3.84. The average molecular weight is 373 g/mol. The Bertz CT molecular complexity index is 767. The Balaban J connectivity index is 1.74. The zero-order valence-electron chi connectivity index (χ0n) is 16.1. The Morgan fingerprint density at radius 1 is 1.38 bits per heavy atom. The third-order valence-corrected chi connectivity index (χ3v) is 5.65. The SMILES string of the molecule is CCNC(=NCC1(c2ccccc2OC)CC1)N(C)Cc1csc(C)n1. The van der Waals surface area contributed by atoms with Gasteiger partial charge in [0.15, 0.2) is 5.96 Å². The van der Waals surface area contributed by atoms with Gasteiger partial charge in [-0.05, 0) is 32.8 Å². The fourth-order valence-electron chi connectivity index (χ4n) is 3.24. The first-order valence-corrected chi connectivity index (χ1v) is 10.00. The first-order chi connectivity index (χ1) is 12.6. The van der Waals surface area contributed by atoms with E-state index in [1.165, 1.54) is 5.56 Å². The molecule has 0 amide bonds. The molecule has 1 aliphatic carbocycles. The number of hydrogen-bond donors (Lipinski definition) is 1. The summed E-state index contributed by atoms with van der Waals surface area (Å²) in [4.78, 5) is 11.7. The van der Waals surface area contributed by atoms with Gasteiger partial charge < -0.3 is 15.0 Å². The molecule has 0 aliphatic heterocycles. The summed E-state index contributed by atoms with van der Waals surface area (Å²) in [5, 5.41) is 6.63. The molecule has 0 unspecified atom stereocenters. The number of guanidine groups is 1. The third-order valence-electron chi connectivity index (χ3n) is 4.83. The number of nitrogens with one attached hydrogen (secondary N) is 1. The van der Waals surface area contributed by atoms with E-state index in [0.717, 1.165) is 54.9 Å². The number of thiazole rings is 1. The van der Waals surface area contributed by atoms with Crippen molar-refractivity contribution in [3.63, 3.8) is 0 Å². The van der Waals surface area contributed by atoms with Crippen LogP contribution in [-0.2, 0) is 12.0 Å². The second-order valence-corrected chi connectivity index (χ2v) is 7.93. The Labute approximate surface area is 160 Å². The molecule has 6 heteroatoms. The summed E-state index contributed by atoms with van der Waals surface area (Å²) in [5.41, 5.74) is 2.48. The summed E-state index contributed by atoms with van der Waals surface area (Å²) in [5.74, 6) is 1.90. The Kier molecular flexibility index (Phi) is 5.81. The number of para-hydroxylation sites is 1. The van der Waals surface area contributed by atoms with Crippen LogP contribution in [-0.4, -0.2) is 43.1 Å². The van der Waals surface area contributed by atoms with Crippen LogP contribution in [0.1, 0.15) is 36.0 Å². The lowest BCUT2D eigenvalue weighted by Crippen LogP contribution is -2.39. The van der Waals surface area contributed by atoms with Crippen LogP contribution in [0.3, 0.4) is 0 Å². The number of aromatic nitrogens is 1. The van der Waals surface area contributed by atoms with Gasteiger partial charge >= 0.3 is 0 Å². The highest BCUT2D eigenvalue weighted by molar-refractivity contribution is 7.09. The maximum Gasteiger partial charge on any atom is 0.194 e. The molecular formula is C20H28N4OS. The van der Waals surface area contributed by atoms with E-state index < -0.39 is 0 Å². The molecule has 3 rings (SSSR count). The lowest BCUT2D eigenvalue weighted by molar-refractivity contribution is 0.404. The second kappa shape index (κ2) is 8.08. The molecule has 1 fully saturated rings. The van der Waals surface area contributed by atoms with Gasteiger partial charge in [-0.15, -0.1) is 11.3 Å². The first kappa shape index (κ1) is 18.7. The van der Waals surface area contributed by atoms with Crippen molar-refractivity contribution in [2.45, 2.75) is 38.6 Å². The Hall–Kier alpha value is -2.08. The number of aliphatic imine (C=N–C) groups is 1. The zero-order chi connectivity index (χ0) is 18.6. The number of rotatable bonds is 7. The molecule has 26 heavy (non-hydrogen) atoms. The summed E-state index contributed by atoms with van der Waals surface area (Å²) >= 11 is 1.69. The van der Waals surface area contributed by atoms with Crippen LogP contribution in [0.25, 0.3) is 0 Å². The van der Waals surface area contributed by atoms with Gasteiger partial charge in [0.05, 0.1) is 30.9 Å². The van der Waals surface area contributed by atoms with E-state index in [9.17, 15) is 0 Å².